The van der Waals surface area contributed by atoms with Crippen molar-refractivity contribution in [2.45, 2.75) is 33.9 Å². The Hall–Kier alpha value is -2.40. The fourth-order valence-corrected chi connectivity index (χ4v) is 3.11. The molecule has 3 rings (SSSR count). The van der Waals surface area contributed by atoms with Crippen molar-refractivity contribution in [3.05, 3.63) is 46.5 Å². The molecule has 23 heavy (non-hydrogen) atoms. The average molecular weight is 309 g/mol. The van der Waals surface area contributed by atoms with Gasteiger partial charge in [-0.3, -0.25) is 0 Å². The Morgan fingerprint density at radius 3 is 2.48 bits per heavy atom. The maximum atomic E-state index is 6.29. The Bertz CT molecular complexity index is 794. The summed E-state index contributed by atoms with van der Waals surface area (Å²) in [5.41, 5.74) is 19.0. The minimum Gasteiger partial charge on any atom is -0.369 e. The molecule has 4 N–H and O–H groups in total. The molecule has 1 unspecified atom stereocenters. The monoisotopic (exact) mass is 309 g/mol. The summed E-state index contributed by atoms with van der Waals surface area (Å²) in [6, 6.07) is 8.30. The van der Waals surface area contributed by atoms with Crippen LogP contribution in [0, 0.1) is 20.8 Å². The van der Waals surface area contributed by atoms with Gasteiger partial charge in [0.25, 0.3) is 0 Å². The molecule has 1 aliphatic rings. The van der Waals surface area contributed by atoms with E-state index in [-0.39, 0.29) is 6.17 Å². The van der Waals surface area contributed by atoms with Crippen LogP contribution in [0.1, 0.15) is 35.3 Å². The van der Waals surface area contributed by atoms with Gasteiger partial charge < -0.3 is 16.4 Å². The normalized spacial score (nSPS) is 17.0. The highest BCUT2D eigenvalue weighted by Crippen LogP contribution is 2.34. The van der Waals surface area contributed by atoms with E-state index in [1.54, 1.807) is 0 Å². The maximum absolute atomic E-state index is 6.29. The summed E-state index contributed by atoms with van der Waals surface area (Å²) in [7, 11) is 0. The van der Waals surface area contributed by atoms with E-state index in [4.69, 9.17) is 16.5 Å². The van der Waals surface area contributed by atoms with Crippen LogP contribution in [-0.2, 0) is 0 Å². The van der Waals surface area contributed by atoms with E-state index in [0.717, 1.165) is 16.8 Å². The standard InChI is InChI=1S/C18H23N5/c1-5-23-16(19)13-8-9-14(21-17(13)22-18(23)20)15-11(3)7-6-10(2)12(15)4/h6-9,16H,5,19H2,1-4H3,(H2,20,21,22). The summed E-state index contributed by atoms with van der Waals surface area (Å²) in [5.74, 6) is 1.05. The van der Waals surface area contributed by atoms with Gasteiger partial charge in [-0.1, -0.05) is 12.1 Å². The van der Waals surface area contributed by atoms with E-state index in [9.17, 15) is 0 Å². The molecule has 0 amide bonds. The Kier molecular flexibility index (Phi) is 3.82. The Labute approximate surface area is 137 Å². The highest BCUT2D eigenvalue weighted by Gasteiger charge is 2.26. The number of hydrogen-bond donors (Lipinski definition) is 2. The molecular weight excluding hydrogens is 286 g/mol. The number of fused-ring (bicyclic) bond motifs is 1. The number of aromatic nitrogens is 1. The van der Waals surface area contributed by atoms with Crippen LogP contribution in [0.5, 0.6) is 0 Å². The largest absolute Gasteiger partial charge is 0.369 e. The van der Waals surface area contributed by atoms with Crippen molar-refractivity contribution in [1.29, 1.82) is 0 Å². The molecule has 0 bridgehead atoms. The number of nitrogens with zero attached hydrogens (tertiary/aromatic N) is 3. The second-order valence-corrected chi connectivity index (χ2v) is 6.01. The van der Waals surface area contributed by atoms with Gasteiger partial charge in [-0.2, -0.15) is 4.99 Å². The predicted octanol–water partition coefficient (Wildman–Crippen LogP) is 2.91. The van der Waals surface area contributed by atoms with Gasteiger partial charge in [0.05, 0.1) is 5.69 Å². The van der Waals surface area contributed by atoms with E-state index >= 15 is 0 Å². The molecule has 0 aliphatic carbocycles. The van der Waals surface area contributed by atoms with Gasteiger partial charge >= 0.3 is 0 Å². The third kappa shape index (κ3) is 2.47. The number of pyridine rings is 1. The van der Waals surface area contributed by atoms with Crippen molar-refractivity contribution in [3.63, 3.8) is 0 Å². The summed E-state index contributed by atoms with van der Waals surface area (Å²) in [5, 5.41) is 0. The van der Waals surface area contributed by atoms with E-state index in [2.05, 4.69) is 37.9 Å². The van der Waals surface area contributed by atoms with Crippen LogP contribution in [0.4, 0.5) is 5.82 Å². The molecule has 2 aromatic rings. The lowest BCUT2D eigenvalue weighted by atomic mass is 9.95. The van der Waals surface area contributed by atoms with Crippen LogP contribution in [-0.4, -0.2) is 22.4 Å². The first kappa shape index (κ1) is 15.5. The number of hydrogen-bond acceptors (Lipinski definition) is 5. The quantitative estimate of drug-likeness (QED) is 0.894. The number of aliphatic imine (C=N–C) groups is 1. The number of aryl methyl sites for hydroxylation is 2. The summed E-state index contributed by atoms with van der Waals surface area (Å²) in [6.45, 7) is 9.07. The van der Waals surface area contributed by atoms with Crippen molar-refractivity contribution >= 4 is 11.8 Å². The zero-order chi connectivity index (χ0) is 16.7. The Balaban J connectivity index is 2.15. The molecule has 0 radical (unpaired) electrons. The second-order valence-electron chi connectivity index (χ2n) is 6.01. The molecule has 5 heteroatoms. The molecule has 0 fully saturated rings. The molecule has 2 heterocycles. The molecule has 0 spiro atoms. The molecule has 5 nitrogen and oxygen atoms in total. The number of guanidine groups is 1. The summed E-state index contributed by atoms with van der Waals surface area (Å²) >= 11 is 0. The third-order valence-electron chi connectivity index (χ3n) is 4.62. The lowest BCUT2D eigenvalue weighted by Crippen LogP contribution is -2.45. The minimum absolute atomic E-state index is 0.297. The van der Waals surface area contributed by atoms with E-state index in [1.165, 1.54) is 16.7 Å². The zero-order valence-electron chi connectivity index (χ0n) is 14.1. The summed E-state index contributed by atoms with van der Waals surface area (Å²) in [4.78, 5) is 11.1. The van der Waals surface area contributed by atoms with E-state index < -0.39 is 0 Å². The first-order valence-electron chi connectivity index (χ1n) is 7.88. The van der Waals surface area contributed by atoms with Gasteiger partial charge in [-0.25, -0.2) is 4.98 Å². The lowest BCUT2D eigenvalue weighted by molar-refractivity contribution is 0.329. The fourth-order valence-electron chi connectivity index (χ4n) is 3.11. The van der Waals surface area contributed by atoms with Gasteiger partial charge in [-0.15, -0.1) is 0 Å². The van der Waals surface area contributed by atoms with Crippen LogP contribution < -0.4 is 11.5 Å². The van der Waals surface area contributed by atoms with Gasteiger partial charge in [0.15, 0.2) is 11.8 Å². The Morgan fingerprint density at radius 1 is 1.09 bits per heavy atom. The smallest absolute Gasteiger partial charge is 0.199 e. The first-order valence-corrected chi connectivity index (χ1v) is 7.88. The first-order chi connectivity index (χ1) is 10.9. The Morgan fingerprint density at radius 2 is 1.78 bits per heavy atom. The van der Waals surface area contributed by atoms with Crippen molar-refractivity contribution in [2.75, 3.05) is 6.54 Å². The van der Waals surface area contributed by atoms with Crippen molar-refractivity contribution in [2.24, 2.45) is 16.5 Å². The molecule has 120 valence electrons. The van der Waals surface area contributed by atoms with Crippen molar-refractivity contribution in [3.8, 4) is 11.3 Å². The van der Waals surface area contributed by atoms with Gasteiger partial charge in [0, 0.05) is 17.7 Å². The molecule has 1 aromatic carbocycles. The minimum atomic E-state index is -0.297. The summed E-state index contributed by atoms with van der Waals surface area (Å²) in [6.07, 6.45) is -0.297. The van der Waals surface area contributed by atoms with E-state index in [0.29, 0.717) is 18.3 Å². The average Bonchev–Trinajstić information content (AvgIpc) is 2.51. The second kappa shape index (κ2) is 5.66. The molecular formula is C18H23N5. The fraction of sp³-hybridized carbons (Fsp3) is 0.333. The predicted molar refractivity (Wildman–Crippen MR) is 94.5 cm³/mol. The van der Waals surface area contributed by atoms with Crippen LogP contribution in [0.25, 0.3) is 11.3 Å². The van der Waals surface area contributed by atoms with Crippen LogP contribution in [0.15, 0.2) is 29.3 Å². The van der Waals surface area contributed by atoms with Crippen molar-refractivity contribution < 1.29 is 0 Å². The van der Waals surface area contributed by atoms with Crippen LogP contribution >= 0.6 is 0 Å². The molecule has 1 atom stereocenters. The lowest BCUT2D eigenvalue weighted by Gasteiger charge is -2.32. The highest BCUT2D eigenvalue weighted by atomic mass is 15.3. The van der Waals surface area contributed by atoms with Crippen LogP contribution in [0.3, 0.4) is 0 Å². The topological polar surface area (TPSA) is 80.5 Å². The molecule has 0 saturated heterocycles. The molecule has 0 saturated carbocycles. The number of rotatable bonds is 2. The van der Waals surface area contributed by atoms with Gasteiger partial charge in [0.1, 0.15) is 6.17 Å². The number of benzene rings is 1. The SMILES string of the molecule is CCN1C(N)=Nc2nc(-c3c(C)ccc(C)c3C)ccc2C1N. The van der Waals surface area contributed by atoms with Crippen LogP contribution in [0.2, 0.25) is 0 Å². The summed E-state index contributed by atoms with van der Waals surface area (Å²) < 4.78 is 0. The third-order valence-corrected chi connectivity index (χ3v) is 4.62. The number of nitrogens with two attached hydrogens (primary N) is 2. The molecule has 1 aliphatic heterocycles. The molecule has 1 aromatic heterocycles. The zero-order valence-corrected chi connectivity index (χ0v) is 14.1. The van der Waals surface area contributed by atoms with Gasteiger partial charge in [-0.05, 0) is 56.5 Å². The maximum Gasteiger partial charge on any atom is 0.199 e. The van der Waals surface area contributed by atoms with Gasteiger partial charge in [0.2, 0.25) is 0 Å². The highest BCUT2D eigenvalue weighted by molar-refractivity contribution is 5.84. The van der Waals surface area contributed by atoms with Crippen molar-refractivity contribution in [1.82, 2.24) is 9.88 Å². The van der Waals surface area contributed by atoms with E-state index in [1.807, 2.05) is 24.0 Å².